The summed E-state index contributed by atoms with van der Waals surface area (Å²) >= 11 is 0. The van der Waals surface area contributed by atoms with Gasteiger partial charge in [0.05, 0.1) is 11.4 Å². The molecule has 1 aliphatic heterocycles. The third kappa shape index (κ3) is 5.78. The third-order valence-electron chi connectivity index (χ3n) is 6.58. The molecule has 0 saturated carbocycles. The maximum Gasteiger partial charge on any atom is 0.251 e. The van der Waals surface area contributed by atoms with E-state index in [2.05, 4.69) is 29.0 Å². The first-order chi connectivity index (χ1) is 16.9. The number of nitrogens with one attached hydrogen (secondary N) is 2. The molecule has 1 fully saturated rings. The van der Waals surface area contributed by atoms with E-state index in [9.17, 15) is 9.59 Å². The Morgan fingerprint density at radius 1 is 1.17 bits per heavy atom. The number of hydroxylamine groups is 1. The van der Waals surface area contributed by atoms with Crippen LogP contribution in [0.2, 0.25) is 0 Å². The molecular weight excluding hydrogens is 444 g/mol. The smallest absolute Gasteiger partial charge is 0.251 e. The number of aromatic nitrogens is 1. The van der Waals surface area contributed by atoms with Crippen LogP contribution in [0.15, 0.2) is 54.6 Å². The minimum Gasteiger partial charge on any atom is -0.489 e. The predicted octanol–water partition coefficient (Wildman–Crippen LogP) is 3.46. The Bertz CT molecular complexity index is 1200. The van der Waals surface area contributed by atoms with Gasteiger partial charge in [0, 0.05) is 47.4 Å². The van der Waals surface area contributed by atoms with Gasteiger partial charge in [-0.25, -0.2) is 5.48 Å². The highest BCUT2D eigenvalue weighted by molar-refractivity contribution is 5.95. The number of nitrogens with zero attached hydrogens (tertiary/aromatic N) is 2. The number of likely N-dealkylation sites (tertiary alicyclic amines) is 1. The van der Waals surface area contributed by atoms with E-state index in [1.807, 2.05) is 37.3 Å². The second-order valence-electron chi connectivity index (χ2n) is 9.29. The Hall–Kier alpha value is -3.49. The van der Waals surface area contributed by atoms with Crippen LogP contribution in [0.25, 0.3) is 10.9 Å². The number of para-hydroxylation sites is 1. The average Bonchev–Trinajstić information content (AvgIpc) is 2.87. The van der Waals surface area contributed by atoms with E-state index in [0.717, 1.165) is 28.7 Å². The van der Waals surface area contributed by atoms with E-state index >= 15 is 0 Å². The van der Waals surface area contributed by atoms with Crippen LogP contribution in [0.1, 0.15) is 41.9 Å². The van der Waals surface area contributed by atoms with Crippen LogP contribution in [0, 0.1) is 12.8 Å². The molecule has 0 spiro atoms. The zero-order valence-corrected chi connectivity index (χ0v) is 20.3. The van der Waals surface area contributed by atoms with Gasteiger partial charge in [-0.15, -0.1) is 0 Å². The van der Waals surface area contributed by atoms with Crippen LogP contribution in [-0.4, -0.2) is 52.1 Å². The lowest BCUT2D eigenvalue weighted by Crippen LogP contribution is -2.56. The summed E-state index contributed by atoms with van der Waals surface area (Å²) in [6.45, 7) is 7.73. The van der Waals surface area contributed by atoms with E-state index in [1.165, 1.54) is 0 Å². The number of amides is 2. The normalized spacial score (nSPS) is 18.4. The van der Waals surface area contributed by atoms with Crippen LogP contribution in [0.5, 0.6) is 5.75 Å². The molecule has 2 amide bonds. The first-order valence-electron chi connectivity index (χ1n) is 11.9. The standard InChI is InChI=1S/C27H32N4O4/c1-17(2)31-13-12-25(23(15-31)27(33)30-34)29-26(32)19-8-10-21(11-9-19)35-16-20-14-18(3)28-24-7-5-4-6-22(20)24/h4-11,14,17,23,25,34H,12-13,15-16H2,1-3H3,(H,29,32)(H,30,33)/t23-,25+/m0/s1. The number of benzene rings is 2. The molecule has 4 rings (SSSR count). The molecule has 0 radical (unpaired) electrons. The van der Waals surface area contributed by atoms with Crippen molar-refractivity contribution in [3.8, 4) is 5.75 Å². The fraction of sp³-hybridized carbons (Fsp3) is 0.370. The zero-order valence-electron chi connectivity index (χ0n) is 20.3. The van der Waals surface area contributed by atoms with Crippen molar-refractivity contribution in [3.05, 3.63) is 71.4 Å². The molecule has 0 bridgehead atoms. The van der Waals surface area contributed by atoms with Gasteiger partial charge in [0.1, 0.15) is 12.4 Å². The Labute approximate surface area is 205 Å². The minimum absolute atomic E-state index is 0.258. The quantitative estimate of drug-likeness (QED) is 0.356. The summed E-state index contributed by atoms with van der Waals surface area (Å²) in [5.74, 6) is -0.612. The van der Waals surface area contributed by atoms with E-state index in [1.54, 1.807) is 29.7 Å². The van der Waals surface area contributed by atoms with Gasteiger partial charge in [0.25, 0.3) is 5.91 Å². The highest BCUT2D eigenvalue weighted by Gasteiger charge is 2.36. The van der Waals surface area contributed by atoms with Crippen LogP contribution in [-0.2, 0) is 11.4 Å². The van der Waals surface area contributed by atoms with Gasteiger partial charge in [-0.1, -0.05) is 18.2 Å². The molecule has 2 atom stereocenters. The zero-order chi connectivity index (χ0) is 24.9. The van der Waals surface area contributed by atoms with Gasteiger partial charge in [-0.05, 0) is 63.6 Å². The molecule has 0 aliphatic carbocycles. The summed E-state index contributed by atoms with van der Waals surface area (Å²) < 4.78 is 5.99. The number of piperidine rings is 1. The van der Waals surface area contributed by atoms with Crippen molar-refractivity contribution in [2.45, 2.75) is 45.9 Å². The lowest BCUT2D eigenvalue weighted by atomic mass is 9.90. The number of rotatable bonds is 7. The van der Waals surface area contributed by atoms with Gasteiger partial charge >= 0.3 is 0 Å². The molecule has 1 saturated heterocycles. The molecule has 8 nitrogen and oxygen atoms in total. The maximum atomic E-state index is 12.9. The highest BCUT2D eigenvalue weighted by Crippen LogP contribution is 2.22. The van der Waals surface area contributed by atoms with Gasteiger partial charge in [-0.3, -0.25) is 24.7 Å². The molecular formula is C27H32N4O4. The Morgan fingerprint density at radius 2 is 1.91 bits per heavy atom. The van der Waals surface area contributed by atoms with E-state index in [0.29, 0.717) is 30.9 Å². The SMILES string of the molecule is Cc1cc(COc2ccc(C(=O)N[C@@H]3CCN(C(C)C)C[C@@H]3C(=O)NO)cc2)c2ccccc2n1. The van der Waals surface area contributed by atoms with Crippen LogP contribution < -0.4 is 15.5 Å². The summed E-state index contributed by atoms with van der Waals surface area (Å²) in [4.78, 5) is 31.9. The minimum atomic E-state index is -0.527. The fourth-order valence-electron chi connectivity index (χ4n) is 4.60. The average molecular weight is 477 g/mol. The number of carbonyl (C=O) groups excluding carboxylic acids is 2. The van der Waals surface area contributed by atoms with Crippen LogP contribution >= 0.6 is 0 Å². The Balaban J connectivity index is 1.40. The summed E-state index contributed by atoms with van der Waals surface area (Å²) in [6, 6.07) is 16.9. The molecule has 0 unspecified atom stereocenters. The van der Waals surface area contributed by atoms with Gasteiger partial charge in [-0.2, -0.15) is 0 Å². The fourth-order valence-corrected chi connectivity index (χ4v) is 4.60. The molecule has 3 aromatic rings. The molecule has 1 aromatic heterocycles. The maximum absolute atomic E-state index is 12.9. The first kappa shape index (κ1) is 24.6. The summed E-state index contributed by atoms with van der Waals surface area (Å²) in [5.41, 5.74) is 5.15. The number of aryl methyl sites for hydroxylation is 1. The van der Waals surface area contributed by atoms with Crippen molar-refractivity contribution < 1.29 is 19.5 Å². The first-order valence-corrected chi connectivity index (χ1v) is 11.9. The van der Waals surface area contributed by atoms with Crippen molar-refractivity contribution in [2.24, 2.45) is 5.92 Å². The molecule has 35 heavy (non-hydrogen) atoms. The lowest BCUT2D eigenvalue weighted by molar-refractivity contribution is -0.136. The summed E-state index contributed by atoms with van der Waals surface area (Å²) in [6.07, 6.45) is 0.627. The number of ether oxygens (including phenoxy) is 1. The molecule has 2 aromatic carbocycles. The summed E-state index contributed by atoms with van der Waals surface area (Å²) in [5, 5.41) is 13.2. The van der Waals surface area contributed by atoms with E-state index in [4.69, 9.17) is 9.94 Å². The second kappa shape index (κ2) is 10.8. The molecule has 8 heteroatoms. The van der Waals surface area contributed by atoms with E-state index < -0.39 is 11.8 Å². The van der Waals surface area contributed by atoms with Crippen LogP contribution in [0.4, 0.5) is 0 Å². The topological polar surface area (TPSA) is 104 Å². The number of carbonyl (C=O) groups is 2. The van der Waals surface area contributed by atoms with Crippen LogP contribution in [0.3, 0.4) is 0 Å². The highest BCUT2D eigenvalue weighted by atomic mass is 16.5. The largest absolute Gasteiger partial charge is 0.489 e. The second-order valence-corrected chi connectivity index (χ2v) is 9.29. The van der Waals surface area contributed by atoms with Gasteiger partial charge in [0.15, 0.2) is 0 Å². The van der Waals surface area contributed by atoms with Crippen molar-refractivity contribution in [2.75, 3.05) is 13.1 Å². The molecule has 1 aliphatic rings. The van der Waals surface area contributed by atoms with Crippen molar-refractivity contribution in [1.82, 2.24) is 20.7 Å². The number of pyridine rings is 1. The van der Waals surface area contributed by atoms with Crippen molar-refractivity contribution in [1.29, 1.82) is 0 Å². The summed E-state index contributed by atoms with van der Waals surface area (Å²) in [7, 11) is 0. The van der Waals surface area contributed by atoms with E-state index in [-0.39, 0.29) is 18.0 Å². The number of hydrogen-bond acceptors (Lipinski definition) is 6. The lowest BCUT2D eigenvalue weighted by Gasteiger charge is -2.39. The predicted molar refractivity (Wildman–Crippen MR) is 133 cm³/mol. The Kier molecular flexibility index (Phi) is 7.63. The number of fused-ring (bicyclic) bond motifs is 1. The molecule has 184 valence electrons. The monoisotopic (exact) mass is 476 g/mol. The van der Waals surface area contributed by atoms with Gasteiger partial charge < -0.3 is 10.1 Å². The number of hydrogen-bond donors (Lipinski definition) is 3. The molecule has 2 heterocycles. The van der Waals surface area contributed by atoms with Gasteiger partial charge in [0.2, 0.25) is 5.91 Å². The molecule has 3 N–H and O–H groups in total. The van der Waals surface area contributed by atoms with Crippen molar-refractivity contribution >= 4 is 22.7 Å². The van der Waals surface area contributed by atoms with Crippen molar-refractivity contribution in [3.63, 3.8) is 0 Å². The Morgan fingerprint density at radius 3 is 2.63 bits per heavy atom. The third-order valence-corrected chi connectivity index (χ3v) is 6.58.